The molecule has 0 saturated carbocycles. The zero-order chi connectivity index (χ0) is 9.40. The molecule has 1 atom stereocenters. The van der Waals surface area contributed by atoms with Gasteiger partial charge in [-0.1, -0.05) is 6.92 Å². The molecule has 0 rings (SSSR count). The molecule has 0 fully saturated rings. The first-order valence-corrected chi connectivity index (χ1v) is 4.63. The summed E-state index contributed by atoms with van der Waals surface area (Å²) in [7, 11) is 0. The van der Waals surface area contributed by atoms with Gasteiger partial charge in [0, 0.05) is 12.5 Å². The van der Waals surface area contributed by atoms with Gasteiger partial charge in [-0.25, -0.2) is 0 Å². The molecule has 12 heavy (non-hydrogen) atoms. The lowest BCUT2D eigenvalue weighted by molar-refractivity contribution is -0.117. The number of hydrogen-bond acceptors (Lipinski definition) is 3. The van der Waals surface area contributed by atoms with E-state index in [0.717, 1.165) is 19.4 Å². The van der Waals surface area contributed by atoms with Crippen LogP contribution in [0.25, 0.3) is 0 Å². The van der Waals surface area contributed by atoms with E-state index in [1.54, 1.807) is 6.92 Å². The predicted octanol–water partition coefficient (Wildman–Crippen LogP) is 0.682. The number of nitrogens with one attached hydrogen (secondary N) is 1. The van der Waals surface area contributed by atoms with Crippen molar-refractivity contribution in [2.24, 2.45) is 5.73 Å². The van der Waals surface area contributed by atoms with Crippen LogP contribution in [0.5, 0.6) is 0 Å². The second-order valence-corrected chi connectivity index (χ2v) is 3.09. The summed E-state index contributed by atoms with van der Waals surface area (Å²) in [6.07, 6.45) is 2.63. The van der Waals surface area contributed by atoms with Gasteiger partial charge < -0.3 is 11.1 Å². The van der Waals surface area contributed by atoms with Crippen LogP contribution in [0.15, 0.2) is 0 Å². The van der Waals surface area contributed by atoms with Crippen molar-refractivity contribution in [3.63, 3.8) is 0 Å². The van der Waals surface area contributed by atoms with Gasteiger partial charge in [0.1, 0.15) is 5.78 Å². The predicted molar refractivity (Wildman–Crippen MR) is 51.1 cm³/mol. The van der Waals surface area contributed by atoms with E-state index < -0.39 is 0 Å². The third-order valence-electron chi connectivity index (χ3n) is 1.78. The molecular weight excluding hydrogens is 152 g/mol. The normalized spacial score (nSPS) is 12.9. The second kappa shape index (κ2) is 7.25. The maximum absolute atomic E-state index is 10.8. The van der Waals surface area contributed by atoms with Crippen LogP contribution in [-0.4, -0.2) is 24.9 Å². The van der Waals surface area contributed by atoms with Gasteiger partial charge in [0.05, 0.1) is 0 Å². The molecule has 3 nitrogen and oxygen atoms in total. The Morgan fingerprint density at radius 2 is 2.25 bits per heavy atom. The number of rotatable bonds is 7. The van der Waals surface area contributed by atoms with E-state index in [1.165, 1.54) is 0 Å². The minimum Gasteiger partial charge on any atom is -0.330 e. The van der Waals surface area contributed by atoms with Crippen molar-refractivity contribution in [2.75, 3.05) is 13.1 Å². The molecule has 0 aromatic rings. The Hall–Kier alpha value is -0.410. The van der Waals surface area contributed by atoms with Crippen molar-refractivity contribution in [2.45, 2.75) is 39.2 Å². The zero-order valence-corrected chi connectivity index (χ0v) is 8.10. The summed E-state index contributed by atoms with van der Waals surface area (Å²) in [5.41, 5.74) is 5.39. The highest BCUT2D eigenvalue weighted by atomic mass is 16.1. The van der Waals surface area contributed by atoms with E-state index in [4.69, 9.17) is 5.73 Å². The molecule has 0 heterocycles. The summed E-state index contributed by atoms with van der Waals surface area (Å²) in [4.78, 5) is 10.8. The molecule has 3 N–H and O–H groups in total. The van der Waals surface area contributed by atoms with Crippen LogP contribution in [-0.2, 0) is 4.79 Å². The molecule has 0 aromatic carbocycles. The molecular formula is C9H20N2O. The average Bonchev–Trinajstić information content (AvgIpc) is 2.00. The van der Waals surface area contributed by atoms with E-state index >= 15 is 0 Å². The van der Waals surface area contributed by atoms with Gasteiger partial charge >= 0.3 is 0 Å². The molecule has 72 valence electrons. The Balaban J connectivity index is 3.61. The summed E-state index contributed by atoms with van der Waals surface area (Å²) < 4.78 is 0. The molecule has 0 spiro atoms. The Morgan fingerprint density at radius 1 is 1.58 bits per heavy atom. The van der Waals surface area contributed by atoms with Gasteiger partial charge in [0.25, 0.3) is 0 Å². The van der Waals surface area contributed by atoms with E-state index in [9.17, 15) is 4.79 Å². The number of ketones is 1. The highest BCUT2D eigenvalue weighted by Gasteiger charge is 2.08. The lowest BCUT2D eigenvalue weighted by Crippen LogP contribution is -2.31. The second-order valence-electron chi connectivity index (χ2n) is 3.09. The third kappa shape index (κ3) is 6.31. The van der Waals surface area contributed by atoms with Crippen LogP contribution in [0.3, 0.4) is 0 Å². The molecule has 0 bridgehead atoms. The minimum absolute atomic E-state index is 0.248. The molecule has 0 aliphatic rings. The maximum atomic E-state index is 10.8. The number of carbonyl (C=O) groups excluding carboxylic acids is 1. The molecule has 0 aromatic heterocycles. The van der Waals surface area contributed by atoms with E-state index in [2.05, 4.69) is 12.2 Å². The number of carbonyl (C=O) groups is 1. The molecule has 0 amide bonds. The van der Waals surface area contributed by atoms with Crippen LogP contribution < -0.4 is 11.1 Å². The van der Waals surface area contributed by atoms with Crippen LogP contribution >= 0.6 is 0 Å². The summed E-state index contributed by atoms with van der Waals surface area (Å²) >= 11 is 0. The molecule has 1 unspecified atom stereocenters. The first-order chi connectivity index (χ1) is 5.70. The molecule has 0 aliphatic heterocycles. The maximum Gasteiger partial charge on any atom is 0.131 e. The van der Waals surface area contributed by atoms with Crippen LogP contribution in [0.4, 0.5) is 0 Å². The summed E-state index contributed by atoms with van der Waals surface area (Å²) in [6.45, 7) is 5.31. The SMILES string of the molecule is CCNC(CCCN)CC(C)=O. The monoisotopic (exact) mass is 172 g/mol. The van der Waals surface area contributed by atoms with Crippen LogP contribution in [0.1, 0.15) is 33.1 Å². The summed E-state index contributed by atoms with van der Waals surface area (Å²) in [5.74, 6) is 0.248. The molecule has 0 aliphatic carbocycles. The fourth-order valence-electron chi connectivity index (χ4n) is 1.28. The van der Waals surface area contributed by atoms with Gasteiger partial charge in [0.2, 0.25) is 0 Å². The Kier molecular flexibility index (Phi) is 7.00. The quantitative estimate of drug-likeness (QED) is 0.594. The first-order valence-electron chi connectivity index (χ1n) is 4.63. The lowest BCUT2D eigenvalue weighted by atomic mass is 10.1. The fraction of sp³-hybridized carbons (Fsp3) is 0.889. The minimum atomic E-state index is 0.248. The van der Waals surface area contributed by atoms with Crippen molar-refractivity contribution in [3.05, 3.63) is 0 Å². The van der Waals surface area contributed by atoms with Crippen molar-refractivity contribution in [1.29, 1.82) is 0 Å². The Labute approximate surface area is 74.7 Å². The van der Waals surface area contributed by atoms with Gasteiger partial charge in [-0.2, -0.15) is 0 Å². The summed E-state index contributed by atoms with van der Waals surface area (Å²) in [5, 5.41) is 3.27. The highest BCUT2D eigenvalue weighted by molar-refractivity contribution is 5.76. The standard InChI is InChI=1S/C9H20N2O/c1-3-11-9(5-4-6-10)7-8(2)12/h9,11H,3-7,10H2,1-2H3. The van der Waals surface area contributed by atoms with Crippen LogP contribution in [0, 0.1) is 0 Å². The Morgan fingerprint density at radius 3 is 2.67 bits per heavy atom. The van der Waals surface area contributed by atoms with E-state index in [0.29, 0.717) is 19.0 Å². The number of nitrogens with two attached hydrogens (primary N) is 1. The topological polar surface area (TPSA) is 55.1 Å². The lowest BCUT2D eigenvalue weighted by Gasteiger charge is -2.15. The van der Waals surface area contributed by atoms with Gasteiger partial charge in [0.15, 0.2) is 0 Å². The molecule has 0 saturated heterocycles. The van der Waals surface area contributed by atoms with E-state index in [1.807, 2.05) is 0 Å². The highest BCUT2D eigenvalue weighted by Crippen LogP contribution is 2.01. The fourth-order valence-corrected chi connectivity index (χ4v) is 1.28. The van der Waals surface area contributed by atoms with Gasteiger partial charge in [-0.3, -0.25) is 4.79 Å². The molecule has 0 radical (unpaired) electrons. The van der Waals surface area contributed by atoms with E-state index in [-0.39, 0.29) is 5.78 Å². The van der Waals surface area contributed by atoms with Crippen molar-refractivity contribution >= 4 is 5.78 Å². The molecule has 3 heteroatoms. The van der Waals surface area contributed by atoms with Crippen molar-refractivity contribution in [3.8, 4) is 0 Å². The smallest absolute Gasteiger partial charge is 0.131 e. The van der Waals surface area contributed by atoms with Crippen molar-refractivity contribution in [1.82, 2.24) is 5.32 Å². The van der Waals surface area contributed by atoms with Gasteiger partial charge in [-0.15, -0.1) is 0 Å². The summed E-state index contributed by atoms with van der Waals surface area (Å²) in [6, 6.07) is 0.330. The van der Waals surface area contributed by atoms with Crippen LogP contribution in [0.2, 0.25) is 0 Å². The number of hydrogen-bond donors (Lipinski definition) is 2. The Bertz CT molecular complexity index is 126. The van der Waals surface area contributed by atoms with Crippen molar-refractivity contribution < 1.29 is 4.79 Å². The third-order valence-corrected chi connectivity index (χ3v) is 1.78. The zero-order valence-electron chi connectivity index (χ0n) is 8.10. The van der Waals surface area contributed by atoms with Gasteiger partial charge in [-0.05, 0) is 32.9 Å². The largest absolute Gasteiger partial charge is 0.330 e. The average molecular weight is 172 g/mol. The first kappa shape index (κ1) is 11.6. The number of Topliss-reactive ketones (excluding diaryl/α,β-unsaturated/α-hetero) is 1.